The number of aromatic nitrogens is 4. The lowest BCUT2D eigenvalue weighted by molar-refractivity contribution is 0.171. The fourth-order valence-electron chi connectivity index (χ4n) is 4.32. The van der Waals surface area contributed by atoms with Crippen molar-refractivity contribution in [3.05, 3.63) is 24.2 Å². The van der Waals surface area contributed by atoms with Crippen LogP contribution >= 0.6 is 0 Å². The zero-order valence-electron chi connectivity index (χ0n) is 17.4. The fraction of sp³-hybridized carbons (Fsp3) is 0.667. The second kappa shape index (κ2) is 6.59. The van der Waals surface area contributed by atoms with Crippen LogP contribution in [0.25, 0.3) is 11.1 Å². The third-order valence-corrected chi connectivity index (χ3v) is 6.61. The van der Waals surface area contributed by atoms with E-state index in [-0.39, 0.29) is 0 Å². The molecule has 1 aliphatic heterocycles. The Bertz CT molecular complexity index is 808. The molecule has 0 amide bonds. The van der Waals surface area contributed by atoms with Crippen LogP contribution in [0.3, 0.4) is 0 Å². The van der Waals surface area contributed by atoms with Gasteiger partial charge in [0.1, 0.15) is 0 Å². The lowest BCUT2D eigenvalue weighted by atomic mass is 9.82. The molecule has 1 saturated heterocycles. The standard InChI is InChI=1S/C21H32N6/c1-13(21(3,4)5)9-27-11-17-18(12-27)19(17)23-20-15(7-8-22-24-20)16-10-26(6)25-14(16)2/h7-8,10,13,17-19H,9,11-12H2,1-6H3,(H,23,24). The van der Waals surface area contributed by atoms with E-state index >= 15 is 0 Å². The summed E-state index contributed by atoms with van der Waals surface area (Å²) in [6.07, 6.45) is 3.82. The first-order valence-corrected chi connectivity index (χ1v) is 10.0. The topological polar surface area (TPSA) is 58.9 Å². The van der Waals surface area contributed by atoms with Gasteiger partial charge < -0.3 is 10.2 Å². The van der Waals surface area contributed by atoms with E-state index in [1.807, 2.05) is 24.7 Å². The van der Waals surface area contributed by atoms with Crippen molar-refractivity contribution in [2.75, 3.05) is 25.0 Å². The molecule has 1 aliphatic carbocycles. The van der Waals surface area contributed by atoms with Crippen molar-refractivity contribution in [1.29, 1.82) is 0 Å². The molecule has 1 N–H and O–H groups in total. The molecule has 3 heterocycles. The number of hydrogen-bond acceptors (Lipinski definition) is 5. The highest BCUT2D eigenvalue weighted by molar-refractivity contribution is 5.76. The number of piperidine rings is 1. The van der Waals surface area contributed by atoms with Gasteiger partial charge in [-0.25, -0.2) is 0 Å². The second-order valence-electron chi connectivity index (χ2n) is 9.58. The SMILES string of the molecule is Cc1nn(C)cc1-c1ccnnc1NC1C2CN(CC(C)C(C)(C)C)CC21. The quantitative estimate of drug-likeness (QED) is 0.878. The van der Waals surface area contributed by atoms with Gasteiger partial charge in [-0.3, -0.25) is 4.68 Å². The summed E-state index contributed by atoms with van der Waals surface area (Å²) >= 11 is 0. The third-order valence-electron chi connectivity index (χ3n) is 6.61. The van der Waals surface area contributed by atoms with Gasteiger partial charge in [-0.15, -0.1) is 5.10 Å². The summed E-state index contributed by atoms with van der Waals surface area (Å²) in [4.78, 5) is 2.65. The van der Waals surface area contributed by atoms with Crippen molar-refractivity contribution in [2.24, 2.45) is 30.2 Å². The van der Waals surface area contributed by atoms with Crippen LogP contribution in [0.2, 0.25) is 0 Å². The molecule has 0 bridgehead atoms. The molecule has 3 atom stereocenters. The molecule has 2 aliphatic rings. The van der Waals surface area contributed by atoms with E-state index in [2.05, 4.69) is 59.4 Å². The van der Waals surface area contributed by atoms with Crippen LogP contribution in [0.4, 0.5) is 5.82 Å². The molecule has 2 aromatic rings. The van der Waals surface area contributed by atoms with E-state index in [4.69, 9.17) is 0 Å². The fourth-order valence-corrected chi connectivity index (χ4v) is 4.32. The van der Waals surface area contributed by atoms with Gasteiger partial charge in [0.05, 0.1) is 11.9 Å². The first kappa shape index (κ1) is 18.4. The molecular weight excluding hydrogens is 336 g/mol. The molecule has 6 heteroatoms. The molecule has 146 valence electrons. The predicted molar refractivity (Wildman–Crippen MR) is 108 cm³/mol. The lowest BCUT2D eigenvalue weighted by Gasteiger charge is -2.32. The van der Waals surface area contributed by atoms with Crippen LogP contribution in [0.5, 0.6) is 0 Å². The smallest absolute Gasteiger partial charge is 0.156 e. The Morgan fingerprint density at radius 1 is 1.22 bits per heavy atom. The summed E-state index contributed by atoms with van der Waals surface area (Å²) < 4.78 is 1.86. The minimum Gasteiger partial charge on any atom is -0.365 e. The highest BCUT2D eigenvalue weighted by Gasteiger charge is 2.56. The van der Waals surface area contributed by atoms with Gasteiger partial charge in [0, 0.05) is 50.0 Å². The van der Waals surface area contributed by atoms with Gasteiger partial charge in [-0.05, 0) is 36.2 Å². The predicted octanol–water partition coefficient (Wildman–Crippen LogP) is 3.21. The van der Waals surface area contributed by atoms with Crippen molar-refractivity contribution in [3.63, 3.8) is 0 Å². The van der Waals surface area contributed by atoms with Crippen molar-refractivity contribution >= 4 is 5.82 Å². The molecule has 2 aromatic heterocycles. The molecular formula is C21H32N6. The average Bonchev–Trinajstić information content (AvgIpc) is 2.92. The lowest BCUT2D eigenvalue weighted by Crippen LogP contribution is -2.35. The summed E-state index contributed by atoms with van der Waals surface area (Å²) in [5.74, 6) is 3.08. The zero-order valence-corrected chi connectivity index (χ0v) is 17.4. The van der Waals surface area contributed by atoms with Gasteiger partial charge >= 0.3 is 0 Å². The number of fused-ring (bicyclic) bond motifs is 1. The van der Waals surface area contributed by atoms with Gasteiger partial charge in [-0.1, -0.05) is 27.7 Å². The van der Waals surface area contributed by atoms with Gasteiger partial charge in [0.2, 0.25) is 0 Å². The van der Waals surface area contributed by atoms with Crippen molar-refractivity contribution in [3.8, 4) is 11.1 Å². The highest BCUT2D eigenvalue weighted by atomic mass is 15.3. The molecule has 0 aromatic carbocycles. The van der Waals surface area contributed by atoms with E-state index in [0.29, 0.717) is 17.4 Å². The number of likely N-dealkylation sites (tertiary alicyclic amines) is 1. The Morgan fingerprint density at radius 2 is 1.93 bits per heavy atom. The van der Waals surface area contributed by atoms with Gasteiger partial charge in [0.15, 0.2) is 5.82 Å². The van der Waals surface area contributed by atoms with Crippen molar-refractivity contribution < 1.29 is 0 Å². The Hall–Kier alpha value is -1.95. The molecule has 2 fully saturated rings. The molecule has 1 saturated carbocycles. The van der Waals surface area contributed by atoms with Crippen LogP contribution in [-0.2, 0) is 7.05 Å². The van der Waals surface area contributed by atoms with E-state index in [9.17, 15) is 0 Å². The largest absolute Gasteiger partial charge is 0.365 e. The van der Waals surface area contributed by atoms with Gasteiger partial charge in [0.25, 0.3) is 0 Å². The Labute approximate surface area is 162 Å². The Balaban J connectivity index is 1.40. The second-order valence-corrected chi connectivity index (χ2v) is 9.58. The third kappa shape index (κ3) is 3.59. The minimum atomic E-state index is 0.376. The van der Waals surface area contributed by atoms with Crippen molar-refractivity contribution in [2.45, 2.75) is 40.7 Å². The summed E-state index contributed by atoms with van der Waals surface area (Å²) in [7, 11) is 1.96. The van der Waals surface area contributed by atoms with Crippen LogP contribution in [0, 0.1) is 30.1 Å². The molecule has 0 spiro atoms. The maximum Gasteiger partial charge on any atom is 0.156 e. The summed E-state index contributed by atoms with van der Waals surface area (Å²) in [5, 5.41) is 16.7. The Kier molecular flexibility index (Phi) is 4.49. The summed E-state index contributed by atoms with van der Waals surface area (Å²) in [6, 6.07) is 2.56. The van der Waals surface area contributed by atoms with Gasteiger partial charge in [-0.2, -0.15) is 10.2 Å². The maximum atomic E-state index is 4.47. The summed E-state index contributed by atoms with van der Waals surface area (Å²) in [5.41, 5.74) is 3.62. The first-order chi connectivity index (χ1) is 12.7. The van der Waals surface area contributed by atoms with Crippen LogP contribution < -0.4 is 5.32 Å². The molecule has 27 heavy (non-hydrogen) atoms. The zero-order chi connectivity index (χ0) is 19.3. The number of nitrogens with one attached hydrogen (secondary N) is 1. The summed E-state index contributed by atoms with van der Waals surface area (Å²) in [6.45, 7) is 15.0. The maximum absolute atomic E-state index is 4.47. The number of anilines is 1. The van der Waals surface area contributed by atoms with Crippen LogP contribution in [-0.4, -0.2) is 50.6 Å². The minimum absolute atomic E-state index is 0.376. The number of nitrogens with zero attached hydrogens (tertiary/aromatic N) is 5. The molecule has 4 rings (SSSR count). The van der Waals surface area contributed by atoms with Crippen LogP contribution in [0.1, 0.15) is 33.4 Å². The molecule has 3 unspecified atom stereocenters. The number of aryl methyl sites for hydroxylation is 2. The number of hydrogen-bond donors (Lipinski definition) is 1. The van der Waals surface area contributed by atoms with Crippen LogP contribution in [0.15, 0.2) is 18.5 Å². The highest BCUT2D eigenvalue weighted by Crippen LogP contribution is 2.48. The molecule has 6 nitrogen and oxygen atoms in total. The normalized spacial score (nSPS) is 26.1. The van der Waals surface area contributed by atoms with E-state index < -0.39 is 0 Å². The van der Waals surface area contributed by atoms with E-state index in [1.54, 1.807) is 6.20 Å². The monoisotopic (exact) mass is 368 g/mol. The van der Waals surface area contributed by atoms with E-state index in [0.717, 1.165) is 34.5 Å². The number of rotatable bonds is 5. The van der Waals surface area contributed by atoms with Crippen molar-refractivity contribution in [1.82, 2.24) is 24.9 Å². The first-order valence-electron chi connectivity index (χ1n) is 10.0. The van der Waals surface area contributed by atoms with E-state index in [1.165, 1.54) is 19.6 Å². The molecule has 0 radical (unpaired) electrons. The average molecular weight is 369 g/mol. The Morgan fingerprint density at radius 3 is 2.52 bits per heavy atom.